The van der Waals surface area contributed by atoms with Crippen LogP contribution in [0.3, 0.4) is 0 Å². The SMILES string of the molecule is COc1ccc(CN2C(=C=O)c3c(c(NC(=O)c4cc(F)cc(C(F)(F)F)c4)cc4nc(C(C)(C)O)ccc34)C2c2cc(F)ccc2Cl)cc1. The second-order valence-corrected chi connectivity index (χ2v) is 12.6. The van der Waals surface area contributed by atoms with Crippen LogP contribution in [0.15, 0.2) is 78.9 Å². The normalized spacial score (nSPS) is 14.5. The second kappa shape index (κ2) is 12.9. The number of benzene rings is 4. The van der Waals surface area contributed by atoms with Crippen LogP contribution in [0.25, 0.3) is 16.6 Å². The quantitative estimate of drug-likeness (QED) is 0.130. The summed E-state index contributed by atoms with van der Waals surface area (Å²) in [7, 11) is 1.51. The van der Waals surface area contributed by atoms with Gasteiger partial charge < -0.3 is 20.1 Å². The lowest BCUT2D eigenvalue weighted by Crippen LogP contribution is -2.24. The summed E-state index contributed by atoms with van der Waals surface area (Å²) in [5.41, 5.74) is -1.67. The number of rotatable bonds is 7. The topological polar surface area (TPSA) is 91.8 Å². The van der Waals surface area contributed by atoms with E-state index in [2.05, 4.69) is 10.3 Å². The number of methoxy groups -OCH3 is 1. The van der Waals surface area contributed by atoms with Crippen LogP contribution in [0.1, 0.15) is 63.8 Å². The van der Waals surface area contributed by atoms with Crippen molar-refractivity contribution in [3.63, 3.8) is 0 Å². The molecule has 1 unspecified atom stereocenters. The Morgan fingerprint density at radius 1 is 1.00 bits per heavy atom. The smallest absolute Gasteiger partial charge is 0.416 e. The molecule has 2 heterocycles. The average molecular weight is 708 g/mol. The number of hydrogen-bond donors (Lipinski definition) is 2. The lowest BCUT2D eigenvalue weighted by molar-refractivity contribution is -0.137. The van der Waals surface area contributed by atoms with E-state index in [0.717, 1.165) is 6.07 Å². The Hall–Kier alpha value is -5.29. The highest BCUT2D eigenvalue weighted by Crippen LogP contribution is 2.52. The predicted octanol–water partition coefficient (Wildman–Crippen LogP) is 8.45. The van der Waals surface area contributed by atoms with Gasteiger partial charge in [0.15, 0.2) is 5.94 Å². The third-order valence-corrected chi connectivity index (χ3v) is 8.71. The molecule has 6 rings (SSSR count). The number of amides is 1. The number of ether oxygens (including phenoxy) is 1. The van der Waals surface area contributed by atoms with Crippen LogP contribution in [-0.4, -0.2) is 33.9 Å². The first-order valence-electron chi connectivity index (χ1n) is 15.1. The Balaban J connectivity index is 1.62. The number of nitrogens with one attached hydrogen (secondary N) is 1. The number of nitrogens with zero attached hydrogens (tertiary/aromatic N) is 2. The molecule has 1 aliphatic heterocycles. The number of hydrogen-bond acceptors (Lipinski definition) is 6. The van der Waals surface area contributed by atoms with Crippen LogP contribution < -0.4 is 10.1 Å². The zero-order valence-electron chi connectivity index (χ0n) is 26.6. The van der Waals surface area contributed by atoms with Crippen molar-refractivity contribution in [2.45, 2.75) is 38.2 Å². The van der Waals surface area contributed by atoms with Crippen LogP contribution in [0.5, 0.6) is 5.75 Å². The molecular formula is C37H27ClF5N3O4. The molecule has 50 heavy (non-hydrogen) atoms. The average Bonchev–Trinajstić information content (AvgIpc) is 3.38. The molecule has 256 valence electrons. The van der Waals surface area contributed by atoms with Gasteiger partial charge in [-0.25, -0.2) is 18.6 Å². The number of pyridine rings is 1. The van der Waals surface area contributed by atoms with Crippen LogP contribution in [0.2, 0.25) is 5.02 Å². The van der Waals surface area contributed by atoms with Crippen molar-refractivity contribution in [1.82, 2.24) is 9.88 Å². The number of halogens is 6. The van der Waals surface area contributed by atoms with Gasteiger partial charge >= 0.3 is 6.18 Å². The molecule has 13 heteroatoms. The molecule has 0 radical (unpaired) electrons. The van der Waals surface area contributed by atoms with Crippen molar-refractivity contribution in [2.24, 2.45) is 0 Å². The summed E-state index contributed by atoms with van der Waals surface area (Å²) >= 11 is 6.67. The Bertz CT molecular complexity index is 2210. The van der Waals surface area contributed by atoms with Crippen LogP contribution >= 0.6 is 11.6 Å². The Kier molecular flexibility index (Phi) is 8.90. The predicted molar refractivity (Wildman–Crippen MR) is 177 cm³/mol. The van der Waals surface area contributed by atoms with Gasteiger partial charge in [-0.3, -0.25) is 4.79 Å². The molecule has 1 aliphatic rings. The van der Waals surface area contributed by atoms with Crippen LogP contribution in [0.4, 0.5) is 27.6 Å². The Morgan fingerprint density at radius 2 is 1.72 bits per heavy atom. The number of alkyl halides is 3. The Morgan fingerprint density at radius 3 is 2.36 bits per heavy atom. The minimum atomic E-state index is -4.94. The van der Waals surface area contributed by atoms with Gasteiger partial charge in [0.2, 0.25) is 0 Å². The molecule has 2 N–H and O–H groups in total. The second-order valence-electron chi connectivity index (χ2n) is 12.2. The zero-order chi connectivity index (χ0) is 36.1. The molecule has 0 spiro atoms. The molecule has 1 aromatic heterocycles. The Labute approximate surface area is 287 Å². The van der Waals surface area contributed by atoms with E-state index < -0.39 is 46.5 Å². The van der Waals surface area contributed by atoms with E-state index >= 15 is 0 Å². The van der Waals surface area contributed by atoms with E-state index in [4.69, 9.17) is 16.3 Å². The van der Waals surface area contributed by atoms with E-state index in [1.807, 2.05) is 5.94 Å². The van der Waals surface area contributed by atoms with Crippen molar-refractivity contribution in [2.75, 3.05) is 12.4 Å². The van der Waals surface area contributed by atoms with Gasteiger partial charge in [0.1, 0.15) is 28.7 Å². The van der Waals surface area contributed by atoms with Crippen molar-refractivity contribution >= 4 is 45.7 Å². The lowest BCUT2D eigenvalue weighted by atomic mass is 9.92. The van der Waals surface area contributed by atoms with Gasteiger partial charge in [-0.1, -0.05) is 29.8 Å². The largest absolute Gasteiger partial charge is 0.497 e. The summed E-state index contributed by atoms with van der Waals surface area (Å²) in [6.45, 7) is 3.06. The molecule has 0 fully saturated rings. The number of anilines is 1. The molecule has 1 atom stereocenters. The first-order valence-corrected chi connectivity index (χ1v) is 15.5. The fourth-order valence-electron chi connectivity index (χ4n) is 6.04. The van der Waals surface area contributed by atoms with Gasteiger partial charge in [-0.2, -0.15) is 13.2 Å². The summed E-state index contributed by atoms with van der Waals surface area (Å²) in [5.74, 6) is -0.476. The molecular weight excluding hydrogens is 681 g/mol. The van der Waals surface area contributed by atoms with Crippen LogP contribution in [0, 0.1) is 11.6 Å². The van der Waals surface area contributed by atoms with Gasteiger partial charge in [0.05, 0.1) is 29.9 Å². The maximum atomic E-state index is 14.9. The van der Waals surface area contributed by atoms with E-state index in [-0.39, 0.29) is 56.9 Å². The highest BCUT2D eigenvalue weighted by atomic mass is 35.5. The monoisotopic (exact) mass is 707 g/mol. The highest BCUT2D eigenvalue weighted by Gasteiger charge is 2.41. The number of fused-ring (bicyclic) bond motifs is 3. The summed E-state index contributed by atoms with van der Waals surface area (Å²) in [5, 5.41) is 13.8. The fourth-order valence-corrected chi connectivity index (χ4v) is 6.26. The maximum Gasteiger partial charge on any atom is 0.416 e. The molecule has 1 amide bonds. The van der Waals surface area contributed by atoms with Gasteiger partial charge in [-0.15, -0.1) is 0 Å². The maximum absolute atomic E-state index is 14.9. The number of aliphatic hydroxyl groups is 1. The minimum absolute atomic E-state index is 0.00910. The molecule has 4 aromatic carbocycles. The number of aromatic nitrogens is 1. The molecule has 0 saturated heterocycles. The number of carbonyl (C=O) groups is 1. The van der Waals surface area contributed by atoms with Gasteiger partial charge in [0, 0.05) is 44.9 Å². The van der Waals surface area contributed by atoms with Crippen molar-refractivity contribution in [3.8, 4) is 5.75 Å². The van der Waals surface area contributed by atoms with Crippen LogP contribution in [-0.2, 0) is 23.1 Å². The molecule has 0 aliphatic carbocycles. The molecule has 5 aromatic rings. The van der Waals surface area contributed by atoms with Crippen molar-refractivity contribution in [3.05, 3.63) is 135 Å². The minimum Gasteiger partial charge on any atom is -0.497 e. The van der Waals surface area contributed by atoms with Crippen molar-refractivity contribution in [1.29, 1.82) is 0 Å². The number of carbonyl (C=O) groups excluding carboxylic acids is 2. The molecule has 0 saturated carbocycles. The van der Waals surface area contributed by atoms with E-state index in [1.165, 1.54) is 39.2 Å². The summed E-state index contributed by atoms with van der Waals surface area (Å²) in [6.07, 6.45) is -4.94. The van der Waals surface area contributed by atoms with E-state index in [0.29, 0.717) is 28.8 Å². The third kappa shape index (κ3) is 6.53. The third-order valence-electron chi connectivity index (χ3n) is 8.37. The van der Waals surface area contributed by atoms with Crippen molar-refractivity contribution < 1.29 is 41.4 Å². The highest BCUT2D eigenvalue weighted by molar-refractivity contribution is 6.31. The molecule has 0 bridgehead atoms. The van der Waals surface area contributed by atoms with Gasteiger partial charge in [0.25, 0.3) is 5.91 Å². The summed E-state index contributed by atoms with van der Waals surface area (Å²) < 4.78 is 75.2. The van der Waals surface area contributed by atoms with Gasteiger partial charge in [-0.05, 0) is 80.1 Å². The zero-order valence-corrected chi connectivity index (χ0v) is 27.4. The summed E-state index contributed by atoms with van der Waals surface area (Å²) in [6, 6.07) is 15.6. The first-order chi connectivity index (χ1) is 23.6. The van der Waals surface area contributed by atoms with E-state index in [1.54, 1.807) is 41.3 Å². The summed E-state index contributed by atoms with van der Waals surface area (Å²) in [4.78, 5) is 32.8. The van der Waals surface area contributed by atoms with E-state index in [9.17, 15) is 36.6 Å². The molecule has 7 nitrogen and oxygen atoms in total. The lowest BCUT2D eigenvalue weighted by Gasteiger charge is -2.29. The fraction of sp³-hybridized carbons (Fsp3) is 0.189. The first kappa shape index (κ1) is 34.6. The standard InChI is InChI=1S/C37H27ClF5N3O4/c1-36(2,49)31-11-9-25-28(44-31)16-29(45-35(48)20-12-21(37(41,42)43)14-23(40)13-20)33-32(25)30(18-47)46(17-19-4-7-24(50-3)8-5-19)34(33)26-15-22(39)6-10-27(26)38/h4-16,34,49H,17H2,1-3H3,(H,45,48).